The molecule has 0 heterocycles. The second-order valence-electron chi connectivity index (χ2n) is 7.59. The normalized spacial score (nSPS) is 11.1. The van der Waals surface area contributed by atoms with Crippen molar-refractivity contribution in [1.82, 2.24) is 0 Å². The second kappa shape index (κ2) is 21.6. The Morgan fingerprint density at radius 2 is 0.667 bits per heavy atom. The van der Waals surface area contributed by atoms with Crippen LogP contribution in [0.15, 0.2) is 0 Å². The molecular formula is C22H46PS+. The van der Waals surface area contributed by atoms with E-state index in [1.54, 1.807) is 0 Å². The summed E-state index contributed by atoms with van der Waals surface area (Å²) < 4.78 is 0. The molecule has 0 unspecified atom stereocenters. The van der Waals surface area contributed by atoms with E-state index in [1.807, 2.05) is 0 Å². The van der Waals surface area contributed by atoms with Gasteiger partial charge in [-0.05, 0) is 25.7 Å². The molecule has 0 aliphatic carbocycles. The summed E-state index contributed by atoms with van der Waals surface area (Å²) in [6.45, 7) is 4.52. The van der Waals surface area contributed by atoms with Crippen molar-refractivity contribution < 1.29 is 0 Å². The summed E-state index contributed by atoms with van der Waals surface area (Å²) in [4.78, 5) is 0. The van der Waals surface area contributed by atoms with Gasteiger partial charge in [-0.25, -0.2) is 0 Å². The summed E-state index contributed by atoms with van der Waals surface area (Å²) in [7, 11) is 0. The lowest BCUT2D eigenvalue weighted by atomic mass is 10.1. The van der Waals surface area contributed by atoms with E-state index in [1.165, 1.54) is 128 Å². The maximum atomic E-state index is 5.70. The van der Waals surface area contributed by atoms with Crippen LogP contribution in [0, 0.1) is 0 Å². The van der Waals surface area contributed by atoms with E-state index in [-0.39, 0.29) is 6.70 Å². The zero-order valence-corrected chi connectivity index (χ0v) is 18.7. The maximum Gasteiger partial charge on any atom is 0.175 e. The number of rotatable bonds is 20. The molecule has 0 atom stereocenters. The molecule has 0 N–H and O–H groups in total. The molecule has 0 radical (unpaired) electrons. The lowest BCUT2D eigenvalue weighted by Crippen LogP contribution is -1.87. The molecule has 0 aromatic rings. The van der Waals surface area contributed by atoms with Crippen LogP contribution in [-0.2, 0) is 11.8 Å². The van der Waals surface area contributed by atoms with Gasteiger partial charge in [-0.15, -0.1) is 0 Å². The molecule has 24 heavy (non-hydrogen) atoms. The Labute approximate surface area is 160 Å². The zero-order valence-electron chi connectivity index (χ0n) is 17.0. The third-order valence-corrected chi connectivity index (χ3v) is 7.75. The van der Waals surface area contributed by atoms with Crippen LogP contribution in [-0.4, -0.2) is 12.3 Å². The number of hydrogen-bond donors (Lipinski definition) is 0. The van der Waals surface area contributed by atoms with E-state index in [2.05, 4.69) is 13.8 Å². The summed E-state index contributed by atoms with van der Waals surface area (Å²) >= 11 is 5.70. The average molecular weight is 374 g/mol. The highest BCUT2D eigenvalue weighted by molar-refractivity contribution is 8.05. The second-order valence-corrected chi connectivity index (χ2v) is 11.0. The first-order valence-corrected chi connectivity index (χ1v) is 14.0. The van der Waals surface area contributed by atoms with Crippen LogP contribution >= 0.6 is 6.70 Å². The Morgan fingerprint density at radius 1 is 0.417 bits per heavy atom. The lowest BCUT2D eigenvalue weighted by Gasteiger charge is -2.01. The van der Waals surface area contributed by atoms with Crippen molar-refractivity contribution in [2.45, 2.75) is 129 Å². The van der Waals surface area contributed by atoms with Crippen molar-refractivity contribution in [3.05, 3.63) is 0 Å². The summed E-state index contributed by atoms with van der Waals surface area (Å²) in [6.07, 6.45) is 28.5. The van der Waals surface area contributed by atoms with Gasteiger partial charge in [0.2, 0.25) is 0 Å². The number of unbranched alkanes of at least 4 members (excludes halogenated alkanes) is 16. The Morgan fingerprint density at radius 3 is 0.958 bits per heavy atom. The van der Waals surface area contributed by atoms with E-state index >= 15 is 0 Å². The highest BCUT2D eigenvalue weighted by atomic mass is 32.4. The number of hydrogen-bond acceptors (Lipinski definition) is 1. The van der Waals surface area contributed by atoms with Gasteiger partial charge in [0.05, 0.1) is 0 Å². The van der Waals surface area contributed by atoms with Crippen molar-refractivity contribution in [3.8, 4) is 0 Å². The van der Waals surface area contributed by atoms with Crippen LogP contribution in [0.5, 0.6) is 0 Å². The fraction of sp³-hybridized carbons (Fsp3) is 1.00. The van der Waals surface area contributed by atoms with Crippen LogP contribution < -0.4 is 0 Å². The molecule has 0 aliphatic rings. The van der Waals surface area contributed by atoms with E-state index in [9.17, 15) is 0 Å². The molecule has 0 spiro atoms. The standard InChI is InChI=1S/C22H46PS/c1-3-5-7-9-11-13-15-17-19-21-23(24)22-20-18-16-14-12-10-8-6-4-2/h3-22H2,1-2H3/q+1. The molecular weight excluding hydrogens is 327 g/mol. The van der Waals surface area contributed by atoms with Gasteiger partial charge in [0.1, 0.15) is 12.3 Å². The lowest BCUT2D eigenvalue weighted by molar-refractivity contribution is 0.571. The van der Waals surface area contributed by atoms with E-state index in [4.69, 9.17) is 11.8 Å². The Balaban J connectivity index is 3.13. The molecule has 0 amide bonds. The van der Waals surface area contributed by atoms with Gasteiger partial charge in [-0.2, -0.15) is 0 Å². The molecule has 0 saturated carbocycles. The predicted octanol–water partition coefficient (Wildman–Crippen LogP) is 8.99. The van der Waals surface area contributed by atoms with Crippen molar-refractivity contribution in [1.29, 1.82) is 0 Å². The maximum absolute atomic E-state index is 5.70. The predicted molar refractivity (Wildman–Crippen MR) is 118 cm³/mol. The smallest absolute Gasteiger partial charge is 0.0654 e. The molecule has 144 valence electrons. The molecule has 0 fully saturated rings. The minimum atomic E-state index is -0.0623. The highest BCUT2D eigenvalue weighted by Crippen LogP contribution is 2.25. The van der Waals surface area contributed by atoms with Gasteiger partial charge in [0.25, 0.3) is 0 Å². The largest absolute Gasteiger partial charge is 0.175 e. The van der Waals surface area contributed by atoms with Crippen LogP contribution in [0.1, 0.15) is 129 Å². The SMILES string of the molecule is CCCCCCCCCCC[P+](=S)CCCCCCCCCCC. The third kappa shape index (κ3) is 20.6. The van der Waals surface area contributed by atoms with Crippen LogP contribution in [0.25, 0.3) is 0 Å². The minimum Gasteiger partial charge on any atom is -0.0654 e. The monoisotopic (exact) mass is 373 g/mol. The topological polar surface area (TPSA) is 0 Å². The van der Waals surface area contributed by atoms with Crippen LogP contribution in [0.4, 0.5) is 0 Å². The van der Waals surface area contributed by atoms with E-state index < -0.39 is 0 Å². The van der Waals surface area contributed by atoms with Crippen molar-refractivity contribution in [2.75, 3.05) is 12.3 Å². The Bertz CT molecular complexity index is 228. The summed E-state index contributed by atoms with van der Waals surface area (Å²) in [5, 5.41) is 0. The molecule has 0 rings (SSSR count). The van der Waals surface area contributed by atoms with Crippen molar-refractivity contribution >= 4 is 18.5 Å². The van der Waals surface area contributed by atoms with Crippen LogP contribution in [0.3, 0.4) is 0 Å². The first-order chi connectivity index (χ1) is 11.8. The Hall–Kier alpha value is 0.520. The van der Waals surface area contributed by atoms with Gasteiger partial charge < -0.3 is 0 Å². The fourth-order valence-electron chi connectivity index (χ4n) is 3.31. The average Bonchev–Trinajstić information content (AvgIpc) is 2.59. The van der Waals surface area contributed by atoms with Gasteiger partial charge in [0.15, 0.2) is 18.5 Å². The molecule has 0 aromatic heterocycles. The van der Waals surface area contributed by atoms with Crippen LogP contribution in [0.2, 0.25) is 0 Å². The Kier molecular flexibility index (Phi) is 22.0. The molecule has 0 saturated heterocycles. The molecule has 0 aromatic carbocycles. The van der Waals surface area contributed by atoms with Gasteiger partial charge in [-0.3, -0.25) is 0 Å². The van der Waals surface area contributed by atoms with Crippen molar-refractivity contribution in [2.24, 2.45) is 0 Å². The summed E-state index contributed by atoms with van der Waals surface area (Å²) in [6, 6.07) is 0. The quantitative estimate of drug-likeness (QED) is 0.151. The molecule has 0 bridgehead atoms. The van der Waals surface area contributed by atoms with E-state index in [0.29, 0.717) is 0 Å². The zero-order chi connectivity index (χ0) is 17.7. The molecule has 0 aliphatic heterocycles. The summed E-state index contributed by atoms with van der Waals surface area (Å²) in [5.41, 5.74) is 0. The first-order valence-electron chi connectivity index (χ1n) is 11.2. The van der Waals surface area contributed by atoms with Crippen molar-refractivity contribution in [3.63, 3.8) is 0 Å². The molecule has 0 nitrogen and oxygen atoms in total. The summed E-state index contributed by atoms with van der Waals surface area (Å²) in [5.74, 6) is 0. The fourth-order valence-corrected chi connectivity index (χ4v) is 5.46. The first kappa shape index (κ1) is 24.5. The van der Waals surface area contributed by atoms with E-state index in [0.717, 1.165) is 0 Å². The van der Waals surface area contributed by atoms with Gasteiger partial charge >= 0.3 is 0 Å². The van der Waals surface area contributed by atoms with Gasteiger partial charge in [-0.1, -0.05) is 104 Å². The third-order valence-electron chi connectivity index (χ3n) is 5.02. The molecule has 2 heteroatoms. The minimum absolute atomic E-state index is 0.0623. The highest BCUT2D eigenvalue weighted by Gasteiger charge is 2.08. The van der Waals surface area contributed by atoms with Gasteiger partial charge in [0, 0.05) is 0 Å².